The fourth-order valence-electron chi connectivity index (χ4n) is 4.33. The van der Waals surface area contributed by atoms with Gasteiger partial charge in [-0.15, -0.1) is 0 Å². The van der Waals surface area contributed by atoms with Crippen LogP contribution in [-0.2, 0) is 17.9 Å². The quantitative estimate of drug-likeness (QED) is 0.647. The van der Waals surface area contributed by atoms with E-state index in [1.807, 2.05) is 58.1 Å². The Morgan fingerprint density at radius 3 is 2.61 bits per heavy atom. The maximum absolute atomic E-state index is 13.5. The van der Waals surface area contributed by atoms with Crippen LogP contribution in [0.5, 0.6) is 0 Å². The summed E-state index contributed by atoms with van der Waals surface area (Å²) < 4.78 is 1.88. The normalized spacial score (nSPS) is 18.8. The third kappa shape index (κ3) is 3.76. The number of fused-ring (bicyclic) bond motifs is 1. The van der Waals surface area contributed by atoms with Gasteiger partial charge in [-0.1, -0.05) is 12.1 Å². The average Bonchev–Trinajstić information content (AvgIpc) is 3.31. The SMILES string of the molecule is O=C([C@@H]1Cn2cccc2C(=O)N1Cc1cccnc1)N1CCN(c2ccccn2)CC1. The lowest BCUT2D eigenvalue weighted by Gasteiger charge is -2.41. The first-order valence-electron chi connectivity index (χ1n) is 10.5. The van der Waals surface area contributed by atoms with E-state index in [4.69, 9.17) is 0 Å². The molecule has 0 saturated carbocycles. The highest BCUT2D eigenvalue weighted by Crippen LogP contribution is 2.23. The highest BCUT2D eigenvalue weighted by molar-refractivity contribution is 5.97. The van der Waals surface area contributed by atoms with Crippen molar-refractivity contribution >= 4 is 17.6 Å². The average molecular weight is 416 g/mol. The molecule has 158 valence electrons. The summed E-state index contributed by atoms with van der Waals surface area (Å²) in [5.74, 6) is 0.806. The fraction of sp³-hybridized carbons (Fsp3) is 0.304. The molecule has 2 amide bonds. The molecule has 1 saturated heterocycles. The number of carbonyl (C=O) groups excluding carboxylic acids is 2. The van der Waals surface area contributed by atoms with Gasteiger partial charge >= 0.3 is 0 Å². The van der Waals surface area contributed by atoms with Crippen LogP contribution in [0.25, 0.3) is 0 Å². The topological polar surface area (TPSA) is 74.6 Å². The molecular weight excluding hydrogens is 392 g/mol. The van der Waals surface area contributed by atoms with Crippen molar-refractivity contribution in [1.29, 1.82) is 0 Å². The zero-order valence-corrected chi connectivity index (χ0v) is 17.2. The van der Waals surface area contributed by atoms with Gasteiger partial charge in [0, 0.05) is 57.5 Å². The van der Waals surface area contributed by atoms with Gasteiger partial charge in [-0.2, -0.15) is 0 Å². The summed E-state index contributed by atoms with van der Waals surface area (Å²) in [6.07, 6.45) is 7.10. The highest BCUT2D eigenvalue weighted by Gasteiger charge is 2.39. The molecule has 3 aromatic rings. The predicted octanol–water partition coefficient (Wildman–Crippen LogP) is 1.65. The lowest BCUT2D eigenvalue weighted by Crippen LogP contribution is -2.58. The van der Waals surface area contributed by atoms with E-state index in [1.54, 1.807) is 23.5 Å². The summed E-state index contributed by atoms with van der Waals surface area (Å²) in [7, 11) is 0. The molecule has 5 heterocycles. The molecule has 2 aliphatic rings. The van der Waals surface area contributed by atoms with Crippen molar-refractivity contribution in [2.45, 2.75) is 19.1 Å². The summed E-state index contributed by atoms with van der Waals surface area (Å²) >= 11 is 0. The van der Waals surface area contributed by atoms with Gasteiger partial charge in [-0.25, -0.2) is 4.98 Å². The second-order valence-corrected chi connectivity index (χ2v) is 7.86. The molecule has 0 spiro atoms. The maximum Gasteiger partial charge on any atom is 0.271 e. The minimum atomic E-state index is -0.533. The largest absolute Gasteiger partial charge is 0.353 e. The van der Waals surface area contributed by atoms with Crippen LogP contribution < -0.4 is 4.90 Å². The number of rotatable bonds is 4. The van der Waals surface area contributed by atoms with Crippen LogP contribution in [0.2, 0.25) is 0 Å². The molecule has 1 atom stereocenters. The van der Waals surface area contributed by atoms with E-state index < -0.39 is 6.04 Å². The third-order valence-corrected chi connectivity index (χ3v) is 5.98. The van der Waals surface area contributed by atoms with Gasteiger partial charge in [-0.05, 0) is 35.9 Å². The molecule has 31 heavy (non-hydrogen) atoms. The van der Waals surface area contributed by atoms with E-state index in [0.29, 0.717) is 31.9 Å². The van der Waals surface area contributed by atoms with Gasteiger partial charge in [-0.3, -0.25) is 14.6 Å². The number of amides is 2. The van der Waals surface area contributed by atoms with Crippen molar-refractivity contribution in [3.8, 4) is 0 Å². The van der Waals surface area contributed by atoms with E-state index >= 15 is 0 Å². The van der Waals surface area contributed by atoms with Crippen LogP contribution in [0.3, 0.4) is 0 Å². The van der Waals surface area contributed by atoms with Crippen LogP contribution in [0.4, 0.5) is 5.82 Å². The molecule has 5 rings (SSSR count). The van der Waals surface area contributed by atoms with Gasteiger partial charge < -0.3 is 19.3 Å². The predicted molar refractivity (Wildman–Crippen MR) is 115 cm³/mol. The first kappa shape index (κ1) is 19.3. The molecule has 8 nitrogen and oxygen atoms in total. The fourth-order valence-corrected chi connectivity index (χ4v) is 4.33. The highest BCUT2D eigenvalue weighted by atomic mass is 16.2. The van der Waals surface area contributed by atoms with Gasteiger partial charge in [0.05, 0.1) is 6.54 Å². The number of aromatic nitrogens is 3. The summed E-state index contributed by atoms with van der Waals surface area (Å²) in [5, 5.41) is 0. The lowest BCUT2D eigenvalue weighted by atomic mass is 10.1. The van der Waals surface area contributed by atoms with Crippen LogP contribution >= 0.6 is 0 Å². The van der Waals surface area contributed by atoms with Crippen molar-refractivity contribution in [2.24, 2.45) is 0 Å². The molecule has 3 aromatic heterocycles. The van der Waals surface area contributed by atoms with Crippen LogP contribution in [0.1, 0.15) is 16.1 Å². The number of hydrogen-bond acceptors (Lipinski definition) is 5. The van der Waals surface area contributed by atoms with Gasteiger partial charge in [0.15, 0.2) is 0 Å². The molecule has 0 radical (unpaired) electrons. The van der Waals surface area contributed by atoms with Gasteiger partial charge in [0.1, 0.15) is 17.6 Å². The molecule has 8 heteroatoms. The standard InChI is InChI=1S/C23H24N6O2/c30-22(27-13-11-26(12-14-27)21-7-1-2-9-25-21)20-17-28-10-4-6-19(28)23(31)29(20)16-18-5-3-8-24-15-18/h1-10,15,20H,11-14,16-17H2/t20-/m0/s1. The Labute approximate surface area is 180 Å². The Morgan fingerprint density at radius 2 is 1.87 bits per heavy atom. The molecule has 1 fully saturated rings. The molecule has 0 bridgehead atoms. The second kappa shape index (κ2) is 8.22. The third-order valence-electron chi connectivity index (χ3n) is 5.98. The zero-order valence-electron chi connectivity index (χ0n) is 17.2. The summed E-state index contributed by atoms with van der Waals surface area (Å²) in [4.78, 5) is 41.1. The number of nitrogens with zero attached hydrogens (tertiary/aromatic N) is 6. The summed E-state index contributed by atoms with van der Waals surface area (Å²) in [6.45, 7) is 3.50. The first-order valence-corrected chi connectivity index (χ1v) is 10.5. The molecule has 0 unspecified atom stereocenters. The van der Waals surface area contributed by atoms with E-state index in [1.165, 1.54) is 0 Å². The van der Waals surface area contributed by atoms with E-state index in [9.17, 15) is 9.59 Å². The Hall–Kier alpha value is -3.68. The lowest BCUT2D eigenvalue weighted by molar-refractivity contribution is -0.137. The molecular formula is C23H24N6O2. The van der Waals surface area contributed by atoms with E-state index in [-0.39, 0.29) is 11.8 Å². The number of anilines is 1. The van der Waals surface area contributed by atoms with E-state index in [0.717, 1.165) is 24.5 Å². The molecule has 0 aliphatic carbocycles. The number of pyridine rings is 2. The van der Waals surface area contributed by atoms with Crippen LogP contribution in [0.15, 0.2) is 67.3 Å². The van der Waals surface area contributed by atoms with Crippen molar-refractivity contribution in [2.75, 3.05) is 31.1 Å². The minimum Gasteiger partial charge on any atom is -0.353 e. The molecule has 2 aliphatic heterocycles. The summed E-state index contributed by atoms with van der Waals surface area (Å²) in [5.41, 5.74) is 1.53. The molecule has 0 N–H and O–H groups in total. The van der Waals surface area contributed by atoms with Crippen LogP contribution in [0, 0.1) is 0 Å². The number of carbonyl (C=O) groups is 2. The monoisotopic (exact) mass is 416 g/mol. The smallest absolute Gasteiger partial charge is 0.271 e. The van der Waals surface area contributed by atoms with Crippen molar-refractivity contribution in [1.82, 2.24) is 24.3 Å². The summed E-state index contributed by atoms with van der Waals surface area (Å²) in [6, 6.07) is 12.8. The van der Waals surface area contributed by atoms with Crippen LogP contribution in [-0.4, -0.2) is 68.4 Å². The Kier molecular flexibility index (Phi) is 5.11. The Balaban J connectivity index is 1.34. The molecule has 0 aromatic carbocycles. The second-order valence-electron chi connectivity index (χ2n) is 7.86. The first-order chi connectivity index (χ1) is 15.2. The zero-order chi connectivity index (χ0) is 21.2. The van der Waals surface area contributed by atoms with Gasteiger partial charge in [0.2, 0.25) is 5.91 Å². The maximum atomic E-state index is 13.5. The Bertz CT molecular complexity index is 1060. The van der Waals surface area contributed by atoms with Crippen molar-refractivity contribution in [3.63, 3.8) is 0 Å². The van der Waals surface area contributed by atoms with Gasteiger partial charge in [0.25, 0.3) is 5.91 Å². The minimum absolute atomic E-state index is 0.00254. The number of piperazine rings is 1. The Morgan fingerprint density at radius 1 is 1.00 bits per heavy atom. The van der Waals surface area contributed by atoms with Crippen molar-refractivity contribution < 1.29 is 9.59 Å². The van der Waals surface area contributed by atoms with Crippen molar-refractivity contribution in [3.05, 3.63) is 78.5 Å². The van der Waals surface area contributed by atoms with E-state index in [2.05, 4.69) is 14.9 Å². The number of hydrogen-bond donors (Lipinski definition) is 0.